The molecule has 0 aromatic rings. The molecule has 0 aliphatic rings. The average Bonchev–Trinajstić information content (AvgIpc) is 2.02. The van der Waals surface area contributed by atoms with E-state index in [1.807, 2.05) is 0 Å². The average molecular weight is 170 g/mol. The van der Waals surface area contributed by atoms with Crippen molar-refractivity contribution in [2.45, 2.75) is 25.7 Å². The van der Waals surface area contributed by atoms with E-state index < -0.39 is 5.97 Å². The smallest absolute Gasteiger partial charge is 0.303 e. The first-order valence-electron chi connectivity index (χ1n) is 4.00. The Morgan fingerprint density at radius 3 is 2.75 bits per heavy atom. The molecule has 68 valence electrons. The lowest BCUT2D eigenvalue weighted by molar-refractivity contribution is -0.137. The summed E-state index contributed by atoms with van der Waals surface area (Å²) in [4.78, 5) is 10.1. The van der Waals surface area contributed by atoms with Gasteiger partial charge in [-0.15, -0.1) is 6.42 Å². The number of unbranched alkanes of at least 4 members (excludes halogenated alkanes) is 2. The van der Waals surface area contributed by atoms with Gasteiger partial charge in [-0.25, -0.2) is 0 Å². The minimum Gasteiger partial charge on any atom is -0.481 e. The maximum atomic E-state index is 10.1. The summed E-state index contributed by atoms with van der Waals surface area (Å²) < 4.78 is 5.01. The van der Waals surface area contributed by atoms with Crippen molar-refractivity contribution < 1.29 is 14.6 Å². The fourth-order valence-electron chi connectivity index (χ4n) is 0.788. The molecular weight excluding hydrogens is 156 g/mol. The van der Waals surface area contributed by atoms with Gasteiger partial charge in [0.25, 0.3) is 0 Å². The fraction of sp³-hybridized carbons (Fsp3) is 0.667. The molecule has 0 aromatic heterocycles. The van der Waals surface area contributed by atoms with Gasteiger partial charge in [0.2, 0.25) is 0 Å². The maximum Gasteiger partial charge on any atom is 0.303 e. The highest BCUT2D eigenvalue weighted by Gasteiger charge is 1.95. The number of ether oxygens (including phenoxy) is 1. The molecule has 3 nitrogen and oxygen atoms in total. The zero-order valence-corrected chi connectivity index (χ0v) is 7.08. The Hall–Kier alpha value is -1.01. The van der Waals surface area contributed by atoms with Gasteiger partial charge in [0.1, 0.15) is 6.61 Å². The Balaban J connectivity index is 2.92. The number of carboxylic acid groups (broad SMARTS) is 1. The summed E-state index contributed by atoms with van der Waals surface area (Å²) in [6, 6.07) is 0. The topological polar surface area (TPSA) is 46.5 Å². The summed E-state index contributed by atoms with van der Waals surface area (Å²) >= 11 is 0. The zero-order chi connectivity index (χ0) is 9.23. The summed E-state index contributed by atoms with van der Waals surface area (Å²) in [6.07, 6.45) is 7.69. The molecule has 1 N–H and O–H groups in total. The molecular formula is C9H14O3. The van der Waals surface area contributed by atoms with Crippen molar-refractivity contribution in [1.29, 1.82) is 0 Å². The highest BCUT2D eigenvalue weighted by molar-refractivity contribution is 5.66. The maximum absolute atomic E-state index is 10.1. The number of rotatable bonds is 7. The Morgan fingerprint density at radius 1 is 1.42 bits per heavy atom. The van der Waals surface area contributed by atoms with Gasteiger partial charge in [-0.3, -0.25) is 4.79 Å². The summed E-state index contributed by atoms with van der Waals surface area (Å²) in [6.45, 7) is 0.975. The first-order chi connectivity index (χ1) is 5.77. The summed E-state index contributed by atoms with van der Waals surface area (Å²) in [7, 11) is 0. The molecule has 0 aliphatic heterocycles. The molecule has 0 aromatic carbocycles. The lowest BCUT2D eigenvalue weighted by atomic mass is 10.2. The van der Waals surface area contributed by atoms with E-state index in [9.17, 15) is 4.79 Å². The van der Waals surface area contributed by atoms with E-state index in [1.54, 1.807) is 0 Å². The molecule has 0 bridgehead atoms. The molecule has 0 unspecified atom stereocenters. The largest absolute Gasteiger partial charge is 0.481 e. The van der Waals surface area contributed by atoms with Crippen LogP contribution in [0.1, 0.15) is 25.7 Å². The molecule has 0 radical (unpaired) electrons. The first kappa shape index (κ1) is 11.0. The van der Waals surface area contributed by atoms with Crippen LogP contribution in [0.15, 0.2) is 0 Å². The van der Waals surface area contributed by atoms with E-state index in [2.05, 4.69) is 5.92 Å². The van der Waals surface area contributed by atoms with Crippen LogP contribution in [0.4, 0.5) is 0 Å². The zero-order valence-electron chi connectivity index (χ0n) is 7.08. The van der Waals surface area contributed by atoms with Gasteiger partial charge in [-0.2, -0.15) is 0 Å². The van der Waals surface area contributed by atoms with E-state index in [0.717, 1.165) is 19.3 Å². The van der Waals surface area contributed by atoms with E-state index in [4.69, 9.17) is 16.3 Å². The van der Waals surface area contributed by atoms with Crippen LogP contribution in [-0.2, 0) is 9.53 Å². The number of aliphatic carboxylic acids is 1. The van der Waals surface area contributed by atoms with Crippen molar-refractivity contribution in [3.63, 3.8) is 0 Å². The van der Waals surface area contributed by atoms with Gasteiger partial charge in [-0.1, -0.05) is 12.3 Å². The number of carbonyl (C=O) groups is 1. The van der Waals surface area contributed by atoms with Gasteiger partial charge in [0, 0.05) is 13.0 Å². The van der Waals surface area contributed by atoms with Crippen molar-refractivity contribution in [3.8, 4) is 12.3 Å². The second-order valence-corrected chi connectivity index (χ2v) is 2.46. The molecule has 0 heterocycles. The van der Waals surface area contributed by atoms with Crippen LogP contribution in [0.2, 0.25) is 0 Å². The Bertz CT molecular complexity index is 158. The normalized spacial score (nSPS) is 9.25. The van der Waals surface area contributed by atoms with Crippen LogP contribution < -0.4 is 0 Å². The van der Waals surface area contributed by atoms with Gasteiger partial charge >= 0.3 is 5.97 Å². The van der Waals surface area contributed by atoms with Crippen molar-refractivity contribution in [2.75, 3.05) is 13.2 Å². The molecule has 0 amide bonds. The van der Waals surface area contributed by atoms with Crippen LogP contribution in [-0.4, -0.2) is 24.3 Å². The molecule has 12 heavy (non-hydrogen) atoms. The third kappa shape index (κ3) is 8.99. The highest BCUT2D eigenvalue weighted by Crippen LogP contribution is 1.99. The van der Waals surface area contributed by atoms with Crippen molar-refractivity contribution in [3.05, 3.63) is 0 Å². The quantitative estimate of drug-likeness (QED) is 0.462. The predicted molar refractivity (Wildman–Crippen MR) is 45.8 cm³/mol. The third-order valence-corrected chi connectivity index (χ3v) is 1.36. The number of carboxylic acids is 1. The van der Waals surface area contributed by atoms with Crippen LogP contribution in [0, 0.1) is 12.3 Å². The van der Waals surface area contributed by atoms with Gasteiger partial charge in [0.05, 0.1) is 0 Å². The molecule has 0 fully saturated rings. The number of terminal acetylenes is 1. The molecule has 0 atom stereocenters. The Kier molecular flexibility index (Phi) is 7.41. The molecule has 0 saturated heterocycles. The van der Waals surface area contributed by atoms with Gasteiger partial charge < -0.3 is 9.84 Å². The Labute approximate surface area is 72.7 Å². The summed E-state index contributed by atoms with van der Waals surface area (Å²) in [5, 5.41) is 8.30. The van der Waals surface area contributed by atoms with Crippen molar-refractivity contribution in [1.82, 2.24) is 0 Å². The molecule has 0 saturated carbocycles. The van der Waals surface area contributed by atoms with Crippen LogP contribution in [0.25, 0.3) is 0 Å². The second kappa shape index (κ2) is 8.09. The van der Waals surface area contributed by atoms with Crippen LogP contribution in [0.3, 0.4) is 0 Å². The van der Waals surface area contributed by atoms with Crippen LogP contribution >= 0.6 is 0 Å². The molecule has 3 heteroatoms. The Morgan fingerprint density at radius 2 is 2.17 bits per heavy atom. The molecule has 0 aliphatic carbocycles. The number of hydrogen-bond acceptors (Lipinski definition) is 2. The summed E-state index contributed by atoms with van der Waals surface area (Å²) in [5.74, 6) is 1.62. The van der Waals surface area contributed by atoms with E-state index in [1.165, 1.54) is 0 Å². The highest BCUT2D eigenvalue weighted by atomic mass is 16.5. The molecule has 0 spiro atoms. The standard InChI is InChI=1S/C9H14O3/c1-2-7-12-8-5-3-4-6-9(10)11/h1H,3-8H2,(H,10,11). The number of hydrogen-bond donors (Lipinski definition) is 1. The SMILES string of the molecule is C#CCOCCCCCC(=O)O. The second-order valence-electron chi connectivity index (χ2n) is 2.46. The first-order valence-corrected chi connectivity index (χ1v) is 4.00. The molecule has 0 rings (SSSR count). The summed E-state index contributed by atoms with van der Waals surface area (Å²) in [5.41, 5.74) is 0. The van der Waals surface area contributed by atoms with Gasteiger partial charge in [0.15, 0.2) is 0 Å². The lowest BCUT2D eigenvalue weighted by Gasteiger charge is -1.98. The minimum atomic E-state index is -0.737. The van der Waals surface area contributed by atoms with Crippen molar-refractivity contribution in [2.24, 2.45) is 0 Å². The monoisotopic (exact) mass is 170 g/mol. The van der Waals surface area contributed by atoms with Crippen LogP contribution in [0.5, 0.6) is 0 Å². The van der Waals surface area contributed by atoms with E-state index in [-0.39, 0.29) is 6.42 Å². The lowest BCUT2D eigenvalue weighted by Crippen LogP contribution is -1.97. The van der Waals surface area contributed by atoms with Crippen molar-refractivity contribution >= 4 is 5.97 Å². The van der Waals surface area contributed by atoms with Gasteiger partial charge in [-0.05, 0) is 12.8 Å². The van der Waals surface area contributed by atoms with E-state index >= 15 is 0 Å². The third-order valence-electron chi connectivity index (χ3n) is 1.36. The fourth-order valence-corrected chi connectivity index (χ4v) is 0.788. The van der Waals surface area contributed by atoms with E-state index in [0.29, 0.717) is 13.2 Å². The predicted octanol–water partition coefficient (Wildman–Crippen LogP) is 1.28. The minimum absolute atomic E-state index is 0.245.